The molecule has 5 nitrogen and oxygen atoms in total. The molecule has 0 aromatic carbocycles. The second kappa shape index (κ2) is 18.0. The zero-order chi connectivity index (χ0) is 16.6. The molecule has 0 rings (SSSR count). The number of carbonyl (C=O) groups excluding carboxylic acids is 2. The molecular weight excluding hydrogens is 305 g/mol. The molecule has 0 heterocycles. The van der Waals surface area contributed by atoms with Gasteiger partial charge >= 0.3 is 35.5 Å². The molecule has 0 spiro atoms. The predicted molar refractivity (Wildman–Crippen MR) is 87.8 cm³/mol. The van der Waals surface area contributed by atoms with Crippen LogP contribution in [0.1, 0.15) is 85.4 Å². The number of aliphatic carboxylic acids is 1. The number of aldehydes is 1. The van der Waals surface area contributed by atoms with Gasteiger partial charge in [0.2, 0.25) is 5.91 Å². The van der Waals surface area contributed by atoms with E-state index in [1.807, 2.05) is 0 Å². The van der Waals surface area contributed by atoms with Crippen LogP contribution in [-0.4, -0.2) is 29.3 Å². The smallest absolute Gasteiger partial charge is 1.00 e. The Morgan fingerprint density at radius 2 is 1.52 bits per heavy atom. The van der Waals surface area contributed by atoms with Crippen LogP contribution in [0, 0.1) is 0 Å². The Hall–Kier alpha value is -0.390. The minimum Gasteiger partial charge on any atom is -1.00 e. The van der Waals surface area contributed by atoms with Crippen molar-refractivity contribution in [2.75, 3.05) is 0 Å². The molecule has 0 unspecified atom stereocenters. The second-order valence-electron chi connectivity index (χ2n) is 5.82. The first-order valence-electron chi connectivity index (χ1n) is 8.56. The normalized spacial score (nSPS) is 11.3. The quantitative estimate of drug-likeness (QED) is 0.260. The molecule has 0 aromatic heterocycles. The number of carboxylic acids is 1. The van der Waals surface area contributed by atoms with Crippen LogP contribution in [-0.2, 0) is 14.4 Å². The summed E-state index contributed by atoms with van der Waals surface area (Å²) in [5.74, 6) is -1.12. The van der Waals surface area contributed by atoms with Gasteiger partial charge < -0.3 is 16.6 Å². The van der Waals surface area contributed by atoms with Gasteiger partial charge in [-0.3, -0.25) is 9.59 Å². The van der Waals surface area contributed by atoms with Gasteiger partial charge in [-0.15, -0.1) is 0 Å². The van der Waals surface area contributed by atoms with Crippen molar-refractivity contribution in [3.63, 3.8) is 0 Å². The van der Waals surface area contributed by atoms with Gasteiger partial charge in [-0.25, -0.2) is 0 Å². The van der Waals surface area contributed by atoms with Crippen LogP contribution in [0.2, 0.25) is 0 Å². The second-order valence-corrected chi connectivity index (χ2v) is 5.82. The summed E-state index contributed by atoms with van der Waals surface area (Å²) < 4.78 is 0. The monoisotopic (exact) mass is 337 g/mol. The molecule has 0 aromatic rings. The summed E-state index contributed by atoms with van der Waals surface area (Å²) in [6.07, 6.45) is 11.8. The molecule has 1 amide bonds. The number of hydrogen-bond acceptors (Lipinski definition) is 3. The van der Waals surface area contributed by atoms with Crippen molar-refractivity contribution in [2.24, 2.45) is 0 Å². The molecule has 0 aliphatic heterocycles. The number of carbonyl (C=O) groups is 3. The number of hydrogen-bond donors (Lipinski definition) is 2. The Kier molecular flexibility index (Phi) is 19.4. The van der Waals surface area contributed by atoms with Crippen LogP contribution < -0.4 is 34.9 Å². The maximum absolute atomic E-state index is 11.6. The largest absolute Gasteiger partial charge is 1.00 e. The zero-order valence-corrected chi connectivity index (χ0v) is 16.8. The molecule has 0 bridgehead atoms. The molecular formula is C17H32NNaO4. The molecule has 0 aliphatic rings. The van der Waals surface area contributed by atoms with Gasteiger partial charge in [-0.2, -0.15) is 0 Å². The number of rotatable bonds is 15. The van der Waals surface area contributed by atoms with E-state index < -0.39 is 12.0 Å². The maximum Gasteiger partial charge on any atom is 1.00 e. The molecule has 0 saturated heterocycles. The number of nitrogens with one attached hydrogen (secondary N) is 1. The van der Waals surface area contributed by atoms with E-state index in [-0.39, 0.29) is 49.7 Å². The van der Waals surface area contributed by atoms with E-state index in [9.17, 15) is 14.4 Å². The molecule has 23 heavy (non-hydrogen) atoms. The fraction of sp³-hybridized carbons (Fsp3) is 0.824. The van der Waals surface area contributed by atoms with Gasteiger partial charge in [0.15, 0.2) is 0 Å². The summed E-state index contributed by atoms with van der Waals surface area (Å²) >= 11 is 0. The van der Waals surface area contributed by atoms with Crippen molar-refractivity contribution in [3.8, 4) is 0 Å². The average molecular weight is 337 g/mol. The van der Waals surface area contributed by atoms with Gasteiger partial charge in [0, 0.05) is 12.8 Å². The predicted octanol–water partition coefficient (Wildman–Crippen LogP) is 0.572. The fourth-order valence-electron chi connectivity index (χ4n) is 2.33. The van der Waals surface area contributed by atoms with E-state index in [4.69, 9.17) is 5.11 Å². The Morgan fingerprint density at radius 1 is 1.00 bits per heavy atom. The number of carboxylic acid groups (broad SMARTS) is 1. The van der Waals surface area contributed by atoms with Gasteiger partial charge in [-0.1, -0.05) is 58.3 Å². The van der Waals surface area contributed by atoms with Crippen molar-refractivity contribution in [1.82, 2.24) is 5.32 Å². The number of unbranched alkanes of at least 4 members (excludes halogenated alkanes) is 8. The van der Waals surface area contributed by atoms with Gasteiger partial charge in [0.25, 0.3) is 0 Å². The summed E-state index contributed by atoms with van der Waals surface area (Å²) in [4.78, 5) is 32.8. The first-order chi connectivity index (χ1) is 10.6. The standard InChI is InChI=1S/C17H31NO4.Na.H/c1-2-3-4-5-6-7-8-9-10-11-16(20)18-15(14-19)12-13-17(21)22;;/h14-15H,2-13H2,1H3,(H,18,20)(H,21,22);;/q;+1;-1/t15-;;/m0../s1. The summed E-state index contributed by atoms with van der Waals surface area (Å²) in [5, 5.41) is 11.1. The number of amides is 1. The first-order valence-corrected chi connectivity index (χ1v) is 8.56. The minimum atomic E-state index is -0.958. The van der Waals surface area contributed by atoms with E-state index in [2.05, 4.69) is 12.2 Å². The van der Waals surface area contributed by atoms with Crippen LogP contribution in [0.3, 0.4) is 0 Å². The Balaban J connectivity index is -0.00000220. The van der Waals surface area contributed by atoms with E-state index in [1.165, 1.54) is 38.5 Å². The van der Waals surface area contributed by atoms with E-state index in [0.717, 1.165) is 19.3 Å². The van der Waals surface area contributed by atoms with Crippen molar-refractivity contribution in [3.05, 3.63) is 0 Å². The summed E-state index contributed by atoms with van der Waals surface area (Å²) in [5.41, 5.74) is 0. The fourth-order valence-corrected chi connectivity index (χ4v) is 2.33. The third-order valence-corrected chi connectivity index (χ3v) is 3.69. The summed E-state index contributed by atoms with van der Waals surface area (Å²) in [6.45, 7) is 2.21. The Morgan fingerprint density at radius 3 is 2.00 bits per heavy atom. The van der Waals surface area contributed by atoms with Gasteiger partial charge in [0.1, 0.15) is 6.29 Å². The summed E-state index contributed by atoms with van der Waals surface area (Å²) in [7, 11) is 0. The molecule has 6 heteroatoms. The molecule has 0 aliphatic carbocycles. The third-order valence-electron chi connectivity index (χ3n) is 3.69. The van der Waals surface area contributed by atoms with Crippen molar-refractivity contribution in [2.45, 2.75) is 90.0 Å². The zero-order valence-electron chi connectivity index (χ0n) is 15.8. The van der Waals surface area contributed by atoms with Crippen molar-refractivity contribution < 1.29 is 50.5 Å². The molecule has 0 saturated carbocycles. The molecule has 130 valence electrons. The maximum atomic E-state index is 11.6. The topological polar surface area (TPSA) is 83.5 Å². The SMILES string of the molecule is CCCCCCCCCCCC(=O)N[C@H](C=O)CCC(=O)O.[H-].[Na+]. The van der Waals surface area contributed by atoms with Crippen LogP contribution in [0.5, 0.6) is 0 Å². The van der Waals surface area contributed by atoms with Crippen LogP contribution in [0.15, 0.2) is 0 Å². The third kappa shape index (κ3) is 17.8. The molecule has 1 atom stereocenters. The van der Waals surface area contributed by atoms with Crippen LogP contribution in [0.25, 0.3) is 0 Å². The van der Waals surface area contributed by atoms with Crippen molar-refractivity contribution in [1.29, 1.82) is 0 Å². The van der Waals surface area contributed by atoms with E-state index >= 15 is 0 Å². The van der Waals surface area contributed by atoms with E-state index in [0.29, 0.717) is 12.7 Å². The van der Waals surface area contributed by atoms with Crippen LogP contribution in [0.4, 0.5) is 0 Å². The summed E-state index contributed by atoms with van der Waals surface area (Å²) in [6, 6.07) is -0.679. The molecule has 2 N–H and O–H groups in total. The minimum absolute atomic E-state index is 0. The van der Waals surface area contributed by atoms with Crippen molar-refractivity contribution >= 4 is 18.2 Å². The average Bonchev–Trinajstić information content (AvgIpc) is 2.49. The Labute approximate surface area is 163 Å². The first kappa shape index (κ1) is 24.9. The van der Waals surface area contributed by atoms with Gasteiger partial charge in [-0.05, 0) is 12.8 Å². The molecule has 0 radical (unpaired) electrons. The van der Waals surface area contributed by atoms with Crippen LogP contribution >= 0.6 is 0 Å². The molecule has 0 fully saturated rings. The Bertz CT molecular complexity index is 330. The van der Waals surface area contributed by atoms with Gasteiger partial charge in [0.05, 0.1) is 6.04 Å². The van der Waals surface area contributed by atoms with E-state index in [1.54, 1.807) is 0 Å².